The monoisotopic (exact) mass is 341 g/mol. The second-order valence-electron chi connectivity index (χ2n) is 4.33. The SMILES string of the molecule is FC(F)(F)c1cccc([Se]c2c[nH]c3ccccc23)c1. The van der Waals surface area contributed by atoms with Crippen LogP contribution in [0.4, 0.5) is 13.2 Å². The number of fused-ring (bicyclic) bond motifs is 1. The molecule has 1 nitrogen and oxygen atoms in total. The molecule has 0 fully saturated rings. The molecule has 1 N–H and O–H groups in total. The maximum absolute atomic E-state index is 12.7. The minimum absolute atomic E-state index is 0.152. The van der Waals surface area contributed by atoms with Crippen LogP contribution in [0, 0.1) is 0 Å². The number of benzene rings is 2. The Morgan fingerprint density at radius 1 is 0.950 bits per heavy atom. The molecule has 0 atom stereocenters. The van der Waals surface area contributed by atoms with E-state index in [0.29, 0.717) is 0 Å². The van der Waals surface area contributed by atoms with E-state index in [-0.39, 0.29) is 15.0 Å². The quantitative estimate of drug-likeness (QED) is 0.691. The summed E-state index contributed by atoms with van der Waals surface area (Å²) in [5.74, 6) is 0. The number of rotatable bonds is 2. The number of aromatic nitrogens is 1. The summed E-state index contributed by atoms with van der Waals surface area (Å²) >= 11 is -0.152. The van der Waals surface area contributed by atoms with Crippen molar-refractivity contribution in [2.75, 3.05) is 0 Å². The molecule has 0 aliphatic rings. The van der Waals surface area contributed by atoms with Crippen molar-refractivity contribution >= 4 is 34.8 Å². The number of aromatic amines is 1. The molecule has 0 bridgehead atoms. The fourth-order valence-corrected chi connectivity index (χ4v) is 4.07. The molecule has 2 aromatic carbocycles. The number of hydrogen-bond acceptors (Lipinski definition) is 0. The van der Waals surface area contributed by atoms with Crippen LogP contribution >= 0.6 is 0 Å². The van der Waals surface area contributed by atoms with E-state index in [9.17, 15) is 13.2 Å². The van der Waals surface area contributed by atoms with E-state index in [0.717, 1.165) is 25.9 Å². The molecule has 102 valence electrons. The van der Waals surface area contributed by atoms with E-state index in [4.69, 9.17) is 0 Å². The summed E-state index contributed by atoms with van der Waals surface area (Å²) in [7, 11) is 0. The first-order valence-corrected chi connectivity index (χ1v) is 7.66. The van der Waals surface area contributed by atoms with Gasteiger partial charge in [-0.2, -0.15) is 0 Å². The molecule has 20 heavy (non-hydrogen) atoms. The topological polar surface area (TPSA) is 15.8 Å². The predicted octanol–water partition coefficient (Wildman–Crippen LogP) is 2.84. The van der Waals surface area contributed by atoms with Crippen LogP contribution in [0.1, 0.15) is 5.56 Å². The van der Waals surface area contributed by atoms with Crippen molar-refractivity contribution in [1.82, 2.24) is 4.98 Å². The van der Waals surface area contributed by atoms with Crippen molar-refractivity contribution in [1.29, 1.82) is 0 Å². The molecule has 0 saturated heterocycles. The molecular formula is C15H10F3NSe. The number of halogens is 3. The van der Waals surface area contributed by atoms with Crippen LogP contribution in [0.25, 0.3) is 10.9 Å². The molecule has 0 saturated carbocycles. The molecule has 0 amide bonds. The Kier molecular flexibility index (Phi) is 3.32. The number of nitrogens with one attached hydrogen (secondary N) is 1. The molecule has 0 unspecified atom stereocenters. The summed E-state index contributed by atoms with van der Waals surface area (Å²) in [5.41, 5.74) is 0.424. The Bertz CT molecular complexity index is 746. The first kappa shape index (κ1) is 13.3. The third-order valence-electron chi connectivity index (χ3n) is 2.94. The predicted molar refractivity (Wildman–Crippen MR) is 74.8 cm³/mol. The van der Waals surface area contributed by atoms with E-state index in [2.05, 4.69) is 4.98 Å². The van der Waals surface area contributed by atoms with Gasteiger partial charge < -0.3 is 0 Å². The van der Waals surface area contributed by atoms with Gasteiger partial charge in [0.25, 0.3) is 0 Å². The van der Waals surface area contributed by atoms with Gasteiger partial charge in [-0.05, 0) is 0 Å². The Hall–Kier alpha value is -1.71. The fourth-order valence-electron chi connectivity index (χ4n) is 1.99. The summed E-state index contributed by atoms with van der Waals surface area (Å²) < 4.78 is 39.9. The van der Waals surface area contributed by atoms with E-state index in [1.807, 2.05) is 30.5 Å². The Labute approximate surface area is 120 Å². The van der Waals surface area contributed by atoms with E-state index >= 15 is 0 Å². The van der Waals surface area contributed by atoms with Crippen LogP contribution in [0.15, 0.2) is 54.7 Å². The van der Waals surface area contributed by atoms with Gasteiger partial charge in [0.1, 0.15) is 0 Å². The van der Waals surface area contributed by atoms with E-state index in [1.54, 1.807) is 6.07 Å². The van der Waals surface area contributed by atoms with Crippen LogP contribution in [0.3, 0.4) is 0 Å². The molecule has 3 rings (SSSR count). The van der Waals surface area contributed by atoms with Gasteiger partial charge in [-0.1, -0.05) is 0 Å². The molecule has 3 aromatic rings. The van der Waals surface area contributed by atoms with Crippen molar-refractivity contribution in [3.8, 4) is 0 Å². The summed E-state index contributed by atoms with van der Waals surface area (Å²) in [5, 5.41) is 1.07. The number of alkyl halides is 3. The van der Waals surface area contributed by atoms with Gasteiger partial charge in [0.15, 0.2) is 0 Å². The van der Waals surface area contributed by atoms with Crippen molar-refractivity contribution in [3.63, 3.8) is 0 Å². The molecule has 5 heteroatoms. The number of H-pyrrole nitrogens is 1. The standard InChI is InChI=1S/C15H10F3NSe/c16-15(17,18)10-4-3-5-11(8-10)20-14-9-19-13-7-2-1-6-12(13)14/h1-9,19H. The maximum atomic E-state index is 12.7. The van der Waals surface area contributed by atoms with Gasteiger partial charge in [0.2, 0.25) is 0 Å². The van der Waals surface area contributed by atoms with Crippen LogP contribution in [-0.4, -0.2) is 19.9 Å². The summed E-state index contributed by atoms with van der Waals surface area (Å²) in [6.07, 6.45) is -2.41. The zero-order valence-electron chi connectivity index (χ0n) is 10.2. The van der Waals surface area contributed by atoms with E-state index < -0.39 is 11.7 Å². The van der Waals surface area contributed by atoms with Crippen LogP contribution in [0.2, 0.25) is 0 Å². The third-order valence-corrected chi connectivity index (χ3v) is 5.14. The fraction of sp³-hybridized carbons (Fsp3) is 0.0667. The Balaban J connectivity index is 1.95. The van der Waals surface area contributed by atoms with Crippen LogP contribution in [-0.2, 0) is 6.18 Å². The minimum atomic E-state index is -4.29. The van der Waals surface area contributed by atoms with Gasteiger partial charge in [0.05, 0.1) is 0 Å². The molecule has 1 heterocycles. The summed E-state index contributed by atoms with van der Waals surface area (Å²) in [6.45, 7) is 0. The normalized spacial score (nSPS) is 11.9. The molecular weight excluding hydrogens is 330 g/mol. The van der Waals surface area contributed by atoms with Crippen LogP contribution in [0.5, 0.6) is 0 Å². The molecule has 1 aromatic heterocycles. The van der Waals surface area contributed by atoms with Crippen LogP contribution < -0.4 is 8.92 Å². The first-order chi connectivity index (χ1) is 9.54. The number of hydrogen-bond donors (Lipinski definition) is 1. The second-order valence-corrected chi connectivity index (χ2v) is 6.67. The average Bonchev–Trinajstić information content (AvgIpc) is 2.82. The van der Waals surface area contributed by atoms with Crippen molar-refractivity contribution in [3.05, 3.63) is 60.3 Å². The van der Waals surface area contributed by atoms with Crippen molar-refractivity contribution < 1.29 is 13.2 Å². The van der Waals surface area contributed by atoms with Gasteiger partial charge in [-0.15, -0.1) is 0 Å². The second kappa shape index (κ2) is 5.00. The molecule has 0 aliphatic heterocycles. The Morgan fingerprint density at radius 3 is 2.55 bits per heavy atom. The zero-order chi connectivity index (χ0) is 14.2. The van der Waals surface area contributed by atoms with Gasteiger partial charge >= 0.3 is 119 Å². The summed E-state index contributed by atoms with van der Waals surface area (Å²) in [6, 6.07) is 13.4. The van der Waals surface area contributed by atoms with Gasteiger partial charge in [-0.25, -0.2) is 0 Å². The first-order valence-electron chi connectivity index (χ1n) is 5.95. The number of para-hydroxylation sites is 1. The molecule has 0 aliphatic carbocycles. The van der Waals surface area contributed by atoms with Gasteiger partial charge in [0, 0.05) is 0 Å². The molecule has 0 spiro atoms. The summed E-state index contributed by atoms with van der Waals surface area (Å²) in [4.78, 5) is 3.15. The average molecular weight is 340 g/mol. The van der Waals surface area contributed by atoms with Gasteiger partial charge in [-0.3, -0.25) is 0 Å². The van der Waals surface area contributed by atoms with Crippen molar-refractivity contribution in [2.45, 2.75) is 6.18 Å². The third kappa shape index (κ3) is 2.60. The van der Waals surface area contributed by atoms with E-state index in [1.165, 1.54) is 12.1 Å². The molecule has 0 radical (unpaired) electrons. The zero-order valence-corrected chi connectivity index (χ0v) is 12.0. The Morgan fingerprint density at radius 2 is 1.75 bits per heavy atom. The van der Waals surface area contributed by atoms with Crippen molar-refractivity contribution in [2.24, 2.45) is 0 Å².